The number of hydrogen-bond donors (Lipinski definition) is 1. The van der Waals surface area contributed by atoms with E-state index in [-0.39, 0.29) is 31.9 Å². The van der Waals surface area contributed by atoms with Crippen molar-refractivity contribution in [2.45, 2.75) is 39.0 Å². The van der Waals surface area contributed by atoms with E-state index in [1.54, 1.807) is 43.3 Å². The van der Waals surface area contributed by atoms with Gasteiger partial charge in [-0.05, 0) is 48.9 Å². The van der Waals surface area contributed by atoms with Crippen LogP contribution in [0.4, 0.5) is 0 Å². The summed E-state index contributed by atoms with van der Waals surface area (Å²) >= 11 is 0. The third kappa shape index (κ3) is 4.40. The Labute approximate surface area is 176 Å². The molecular formula is C22H22O6S2. The van der Waals surface area contributed by atoms with Crippen LogP contribution in [-0.2, 0) is 19.7 Å². The molecule has 3 aromatic carbocycles. The van der Waals surface area contributed by atoms with Crippen LogP contribution in [0.2, 0.25) is 0 Å². The second kappa shape index (κ2) is 8.99. The monoisotopic (exact) mass is 446 g/mol. The molecule has 158 valence electrons. The molecule has 0 heterocycles. The molecule has 1 unspecified atom stereocenters. The molecule has 0 aliphatic rings. The maximum atomic E-state index is 13.3. The van der Waals surface area contributed by atoms with Gasteiger partial charge in [-0.2, -0.15) is 0 Å². The van der Waals surface area contributed by atoms with Crippen molar-refractivity contribution in [3.63, 3.8) is 0 Å². The zero-order valence-corrected chi connectivity index (χ0v) is 17.9. The van der Waals surface area contributed by atoms with Crippen LogP contribution < -0.4 is 4.74 Å². The molecule has 3 aromatic rings. The highest BCUT2D eigenvalue weighted by molar-refractivity contribution is 7.92. The van der Waals surface area contributed by atoms with Crippen LogP contribution in [-0.4, -0.2) is 34.7 Å². The first-order valence-corrected chi connectivity index (χ1v) is 12.3. The van der Waals surface area contributed by atoms with E-state index >= 15 is 0 Å². The average molecular weight is 447 g/mol. The highest BCUT2D eigenvalue weighted by atomic mass is 32.2. The number of rotatable bonds is 8. The molecule has 0 saturated heterocycles. The summed E-state index contributed by atoms with van der Waals surface area (Å²) in [5.41, 5.74) is 0. The van der Waals surface area contributed by atoms with Gasteiger partial charge in [0.2, 0.25) is 19.7 Å². The van der Waals surface area contributed by atoms with Gasteiger partial charge in [0.05, 0.1) is 21.3 Å². The first-order valence-electron chi connectivity index (χ1n) is 9.32. The summed E-state index contributed by atoms with van der Waals surface area (Å²) in [4.78, 5) is -0.352. The quantitative estimate of drug-likeness (QED) is 0.569. The van der Waals surface area contributed by atoms with Gasteiger partial charge in [0.1, 0.15) is 16.7 Å². The molecule has 0 spiro atoms. The summed E-state index contributed by atoms with van der Waals surface area (Å²) in [6, 6.07) is 19.3. The molecule has 30 heavy (non-hydrogen) atoms. The van der Waals surface area contributed by atoms with Crippen molar-refractivity contribution < 1.29 is 26.7 Å². The van der Waals surface area contributed by atoms with Gasteiger partial charge in [0.15, 0.2) is 0 Å². The molecule has 1 atom stereocenters. The molecule has 0 amide bonds. The molecular weight excluding hydrogens is 424 g/mol. The van der Waals surface area contributed by atoms with Gasteiger partial charge in [0, 0.05) is 0 Å². The molecule has 6 nitrogen and oxygen atoms in total. The fraction of sp³-hybridized carbons (Fsp3) is 0.182. The van der Waals surface area contributed by atoms with E-state index < -0.39 is 25.8 Å². The Hall–Kier alpha value is -2.68. The largest absolute Gasteiger partial charge is 0.487 e. The minimum Gasteiger partial charge on any atom is -0.487 e. The van der Waals surface area contributed by atoms with Crippen LogP contribution in [0.3, 0.4) is 0 Å². The second-order valence-corrected chi connectivity index (χ2v) is 10.4. The Morgan fingerprint density at radius 2 is 1.30 bits per heavy atom. The molecule has 0 aliphatic heterocycles. The molecule has 8 heteroatoms. The zero-order chi connectivity index (χ0) is 21.8. The predicted molar refractivity (Wildman–Crippen MR) is 112 cm³/mol. The van der Waals surface area contributed by atoms with Gasteiger partial charge >= 0.3 is 0 Å². The van der Waals surface area contributed by atoms with Crippen molar-refractivity contribution in [2.24, 2.45) is 0 Å². The maximum absolute atomic E-state index is 13.3. The van der Waals surface area contributed by atoms with Crippen LogP contribution in [0.5, 0.6) is 5.75 Å². The fourth-order valence-corrected chi connectivity index (χ4v) is 5.67. The number of aliphatic hydroxyl groups excluding tert-OH is 1. The van der Waals surface area contributed by atoms with Crippen molar-refractivity contribution >= 4 is 19.7 Å². The van der Waals surface area contributed by atoms with Gasteiger partial charge in [-0.3, -0.25) is 0 Å². The minimum atomic E-state index is -4.07. The third-order valence-electron chi connectivity index (χ3n) is 4.57. The normalized spacial score (nSPS) is 13.0. The highest BCUT2D eigenvalue weighted by Crippen LogP contribution is 2.34. The van der Waals surface area contributed by atoms with Crippen molar-refractivity contribution in [3.05, 3.63) is 78.9 Å². The number of benzene rings is 3. The van der Waals surface area contributed by atoms with E-state index in [4.69, 9.17) is 4.74 Å². The summed E-state index contributed by atoms with van der Waals surface area (Å²) in [6.45, 7) is 1.49. The van der Waals surface area contributed by atoms with Gasteiger partial charge in [-0.1, -0.05) is 43.3 Å². The molecule has 3 rings (SSSR count). The molecule has 0 aromatic heterocycles. The van der Waals surface area contributed by atoms with Crippen LogP contribution in [0.25, 0.3) is 0 Å². The molecule has 0 radical (unpaired) electrons. The highest BCUT2D eigenvalue weighted by Gasteiger charge is 2.27. The van der Waals surface area contributed by atoms with Gasteiger partial charge in [-0.25, -0.2) is 16.8 Å². The Bertz CT molecular complexity index is 1200. The van der Waals surface area contributed by atoms with Crippen LogP contribution in [0.1, 0.15) is 13.3 Å². The summed E-state index contributed by atoms with van der Waals surface area (Å²) in [5, 5.41) is 9.46. The van der Waals surface area contributed by atoms with Crippen LogP contribution in [0, 0.1) is 0 Å². The maximum Gasteiger partial charge on any atom is 0.210 e. The summed E-state index contributed by atoms with van der Waals surface area (Å²) in [7, 11) is -8.00. The number of aliphatic hydroxyl groups is 1. The van der Waals surface area contributed by atoms with Crippen molar-refractivity contribution in [1.29, 1.82) is 0 Å². The minimum absolute atomic E-state index is 0.00763. The van der Waals surface area contributed by atoms with E-state index in [1.807, 2.05) is 0 Å². The number of sulfone groups is 2. The predicted octanol–water partition coefficient (Wildman–Crippen LogP) is 3.50. The van der Waals surface area contributed by atoms with Crippen molar-refractivity contribution in [2.75, 3.05) is 6.61 Å². The van der Waals surface area contributed by atoms with Crippen LogP contribution >= 0.6 is 0 Å². The Morgan fingerprint density at radius 3 is 1.80 bits per heavy atom. The van der Waals surface area contributed by atoms with Crippen LogP contribution in [0.15, 0.2) is 98.4 Å². The Balaban J connectivity index is 2.20. The Morgan fingerprint density at radius 1 is 0.767 bits per heavy atom. The summed E-state index contributed by atoms with van der Waals surface area (Å²) in [6.07, 6.45) is -0.169. The van der Waals surface area contributed by atoms with E-state index in [2.05, 4.69) is 0 Å². The number of hydrogen-bond acceptors (Lipinski definition) is 6. The third-order valence-corrected chi connectivity index (χ3v) is 8.13. The van der Waals surface area contributed by atoms with Gasteiger partial charge in [0.25, 0.3) is 0 Å². The fourth-order valence-electron chi connectivity index (χ4n) is 2.85. The van der Waals surface area contributed by atoms with Crippen molar-refractivity contribution in [1.82, 2.24) is 0 Å². The van der Waals surface area contributed by atoms with E-state index in [9.17, 15) is 21.9 Å². The molecule has 1 N–H and O–H groups in total. The summed E-state index contributed by atoms with van der Waals surface area (Å²) < 4.78 is 58.3. The zero-order valence-electron chi connectivity index (χ0n) is 16.3. The first kappa shape index (κ1) is 22.0. The smallest absolute Gasteiger partial charge is 0.210 e. The first-order chi connectivity index (χ1) is 14.3. The summed E-state index contributed by atoms with van der Waals surface area (Å²) in [5.74, 6) is -0.00763. The average Bonchev–Trinajstić information content (AvgIpc) is 2.78. The lowest BCUT2D eigenvalue weighted by atomic mass is 10.3. The lowest BCUT2D eigenvalue weighted by Gasteiger charge is -2.19. The van der Waals surface area contributed by atoms with E-state index in [1.165, 1.54) is 36.4 Å². The molecule has 0 bridgehead atoms. The molecule has 0 aliphatic carbocycles. The lowest BCUT2D eigenvalue weighted by molar-refractivity contribution is 0.110. The van der Waals surface area contributed by atoms with E-state index in [0.717, 1.165) is 6.07 Å². The van der Waals surface area contributed by atoms with Gasteiger partial charge < -0.3 is 9.84 Å². The molecule has 0 fully saturated rings. The lowest BCUT2D eigenvalue weighted by Crippen LogP contribution is -2.21. The number of ether oxygens (including phenoxy) is 1. The SMILES string of the molecule is CCC(CO)Oc1ccc(S(=O)(=O)c2ccccc2)cc1S(=O)(=O)c1ccccc1. The Kier molecular flexibility index (Phi) is 6.60. The van der Waals surface area contributed by atoms with Crippen molar-refractivity contribution in [3.8, 4) is 5.75 Å². The van der Waals surface area contributed by atoms with E-state index in [0.29, 0.717) is 6.42 Å². The second-order valence-electron chi connectivity index (χ2n) is 6.57. The standard InChI is InChI=1S/C22H22O6S2/c1-2-17(16-23)28-21-14-13-20(29(24,25)18-9-5-3-6-10-18)15-22(21)30(26,27)19-11-7-4-8-12-19/h3-15,17,23H,2,16H2,1H3. The topological polar surface area (TPSA) is 97.7 Å². The van der Waals surface area contributed by atoms with Gasteiger partial charge in [-0.15, -0.1) is 0 Å². The molecule has 0 saturated carbocycles.